The minimum absolute atomic E-state index is 0.243. The molecule has 2 nitrogen and oxygen atoms in total. The van der Waals surface area contributed by atoms with E-state index >= 15 is 0 Å². The van der Waals surface area contributed by atoms with Gasteiger partial charge >= 0.3 is 0 Å². The van der Waals surface area contributed by atoms with Gasteiger partial charge in [-0.25, -0.2) is 8.78 Å². The Morgan fingerprint density at radius 2 is 1.95 bits per heavy atom. The van der Waals surface area contributed by atoms with Crippen LogP contribution in [0.25, 0.3) is 0 Å². The van der Waals surface area contributed by atoms with Gasteiger partial charge in [-0.3, -0.25) is 4.98 Å². The van der Waals surface area contributed by atoms with E-state index in [0.29, 0.717) is 17.1 Å². The predicted molar refractivity (Wildman–Crippen MR) is 75.7 cm³/mol. The number of nitrogens with zero attached hydrogens (tertiary/aromatic N) is 1. The quantitative estimate of drug-likeness (QED) is 0.905. The monoisotopic (exact) mass is 296 g/mol. The number of pyridine rings is 1. The molecule has 1 unspecified atom stereocenters. The Kier molecular flexibility index (Phi) is 5.04. The molecule has 0 aliphatic carbocycles. The second-order valence-corrected chi connectivity index (χ2v) is 4.79. The van der Waals surface area contributed by atoms with Gasteiger partial charge in [0.15, 0.2) is 0 Å². The van der Waals surface area contributed by atoms with E-state index < -0.39 is 17.7 Å². The highest BCUT2D eigenvalue weighted by Gasteiger charge is 2.19. The third-order valence-corrected chi connectivity index (χ3v) is 3.39. The maximum Gasteiger partial charge on any atom is 0.146 e. The van der Waals surface area contributed by atoms with Crippen LogP contribution in [0.5, 0.6) is 0 Å². The Morgan fingerprint density at radius 1 is 1.20 bits per heavy atom. The maximum atomic E-state index is 13.8. The van der Waals surface area contributed by atoms with Crippen LogP contribution in [0.3, 0.4) is 0 Å². The molecule has 0 saturated carbocycles. The molecule has 1 aromatic heterocycles. The smallest absolute Gasteiger partial charge is 0.146 e. The molecule has 0 spiro atoms. The molecule has 0 amide bonds. The zero-order chi connectivity index (χ0) is 14.5. The molecule has 0 aliphatic heterocycles. The summed E-state index contributed by atoms with van der Waals surface area (Å²) in [5.41, 5.74) is 0.638. The third kappa shape index (κ3) is 3.32. The van der Waals surface area contributed by atoms with E-state index in [1.807, 2.05) is 6.92 Å². The Bertz CT molecular complexity index is 570. The van der Waals surface area contributed by atoms with E-state index in [2.05, 4.69) is 10.3 Å². The van der Waals surface area contributed by atoms with Gasteiger partial charge in [-0.2, -0.15) is 0 Å². The van der Waals surface area contributed by atoms with E-state index in [1.54, 1.807) is 12.1 Å². The molecule has 1 heterocycles. The predicted octanol–water partition coefficient (Wildman–Crippen LogP) is 3.91. The minimum atomic E-state index is -0.421. The number of hydrogen-bond donors (Lipinski definition) is 1. The van der Waals surface area contributed by atoms with Crippen LogP contribution < -0.4 is 5.32 Å². The molecule has 0 fully saturated rings. The fraction of sp³-hybridized carbons (Fsp3) is 0.267. The normalized spacial score (nSPS) is 12.4. The summed E-state index contributed by atoms with van der Waals surface area (Å²) in [6.45, 7) is 2.52. The Hall–Kier alpha value is -1.52. The topological polar surface area (TPSA) is 24.9 Å². The molecular weight excluding hydrogens is 282 g/mol. The lowest BCUT2D eigenvalue weighted by Gasteiger charge is -2.19. The van der Waals surface area contributed by atoms with Gasteiger partial charge in [0, 0.05) is 16.8 Å². The second kappa shape index (κ2) is 6.77. The van der Waals surface area contributed by atoms with Crippen molar-refractivity contribution in [3.63, 3.8) is 0 Å². The van der Waals surface area contributed by atoms with Crippen molar-refractivity contribution < 1.29 is 8.78 Å². The molecule has 0 aliphatic rings. The zero-order valence-electron chi connectivity index (χ0n) is 11.0. The van der Waals surface area contributed by atoms with Gasteiger partial charge < -0.3 is 5.32 Å². The Morgan fingerprint density at radius 3 is 2.60 bits per heavy atom. The fourth-order valence-corrected chi connectivity index (χ4v) is 2.34. The summed E-state index contributed by atoms with van der Waals surface area (Å²) in [5.74, 6) is -0.803. The van der Waals surface area contributed by atoms with Crippen LogP contribution in [0.2, 0.25) is 5.02 Å². The standard InChI is InChI=1S/C15H15ClF2N2/c1-2-19-14(15-13(18)7-4-8-20-15)9-10-11(16)5-3-6-12(10)17/h3-8,14,19H,2,9H2,1H3. The summed E-state index contributed by atoms with van der Waals surface area (Å²) in [6, 6.07) is 6.96. The average molecular weight is 297 g/mol. The van der Waals surface area contributed by atoms with Crippen molar-refractivity contribution in [2.45, 2.75) is 19.4 Å². The van der Waals surface area contributed by atoms with Crippen molar-refractivity contribution in [1.29, 1.82) is 0 Å². The molecule has 0 saturated heterocycles. The summed E-state index contributed by atoms with van der Waals surface area (Å²) >= 11 is 6.02. The number of rotatable bonds is 5. The van der Waals surface area contributed by atoms with Crippen molar-refractivity contribution in [2.75, 3.05) is 6.54 Å². The number of nitrogens with one attached hydrogen (secondary N) is 1. The van der Waals surface area contributed by atoms with Gasteiger partial charge in [-0.15, -0.1) is 0 Å². The van der Waals surface area contributed by atoms with Gasteiger partial charge in [0.1, 0.15) is 11.6 Å². The van der Waals surface area contributed by atoms with Crippen LogP contribution in [0.1, 0.15) is 24.2 Å². The zero-order valence-corrected chi connectivity index (χ0v) is 11.8. The minimum Gasteiger partial charge on any atom is -0.309 e. The van der Waals surface area contributed by atoms with Crippen LogP contribution in [0.4, 0.5) is 8.78 Å². The number of benzene rings is 1. The van der Waals surface area contributed by atoms with Gasteiger partial charge in [-0.05, 0) is 37.2 Å². The molecule has 2 aromatic rings. The number of halogens is 3. The van der Waals surface area contributed by atoms with E-state index in [4.69, 9.17) is 11.6 Å². The van der Waals surface area contributed by atoms with Gasteiger partial charge in [0.05, 0.1) is 11.7 Å². The van der Waals surface area contributed by atoms with Gasteiger partial charge in [0.25, 0.3) is 0 Å². The van der Waals surface area contributed by atoms with Crippen LogP contribution in [-0.4, -0.2) is 11.5 Å². The van der Waals surface area contributed by atoms with Crippen molar-refractivity contribution in [2.24, 2.45) is 0 Å². The fourth-order valence-electron chi connectivity index (χ4n) is 2.10. The van der Waals surface area contributed by atoms with E-state index in [-0.39, 0.29) is 12.1 Å². The van der Waals surface area contributed by atoms with Crippen LogP contribution in [-0.2, 0) is 6.42 Å². The van der Waals surface area contributed by atoms with Crippen molar-refractivity contribution >= 4 is 11.6 Å². The van der Waals surface area contributed by atoms with Crippen molar-refractivity contribution in [3.8, 4) is 0 Å². The number of likely N-dealkylation sites (N-methyl/N-ethyl adjacent to an activating group) is 1. The molecule has 20 heavy (non-hydrogen) atoms. The second-order valence-electron chi connectivity index (χ2n) is 4.39. The lowest BCUT2D eigenvalue weighted by molar-refractivity contribution is 0.484. The largest absolute Gasteiger partial charge is 0.309 e. The van der Waals surface area contributed by atoms with E-state index in [1.165, 1.54) is 24.4 Å². The maximum absolute atomic E-state index is 13.8. The highest BCUT2D eigenvalue weighted by atomic mass is 35.5. The average Bonchev–Trinajstić information content (AvgIpc) is 2.43. The molecule has 1 aromatic carbocycles. The van der Waals surface area contributed by atoms with E-state index in [0.717, 1.165) is 0 Å². The van der Waals surface area contributed by atoms with Crippen LogP contribution in [0, 0.1) is 11.6 Å². The summed E-state index contributed by atoms with van der Waals surface area (Å²) in [4.78, 5) is 4.05. The molecule has 0 radical (unpaired) electrons. The molecule has 1 atom stereocenters. The first kappa shape index (κ1) is 14.9. The molecular formula is C15H15ClF2N2. The van der Waals surface area contributed by atoms with Crippen molar-refractivity contribution in [1.82, 2.24) is 10.3 Å². The molecule has 106 valence electrons. The SMILES string of the molecule is CCNC(Cc1c(F)cccc1Cl)c1ncccc1F. The molecule has 0 bridgehead atoms. The van der Waals surface area contributed by atoms with Gasteiger partial charge in [-0.1, -0.05) is 24.6 Å². The van der Waals surface area contributed by atoms with Crippen molar-refractivity contribution in [3.05, 3.63) is 64.4 Å². The molecule has 1 N–H and O–H groups in total. The summed E-state index contributed by atoms with van der Waals surface area (Å²) in [6.07, 6.45) is 1.76. The number of aromatic nitrogens is 1. The molecule has 2 rings (SSSR count). The number of hydrogen-bond acceptors (Lipinski definition) is 2. The Labute approximate surface area is 121 Å². The summed E-state index contributed by atoms with van der Waals surface area (Å²) in [5, 5.41) is 3.45. The first-order valence-electron chi connectivity index (χ1n) is 6.40. The lowest BCUT2D eigenvalue weighted by atomic mass is 10.0. The first-order chi connectivity index (χ1) is 9.63. The van der Waals surface area contributed by atoms with Crippen LogP contribution >= 0.6 is 11.6 Å². The highest BCUT2D eigenvalue weighted by molar-refractivity contribution is 6.31. The third-order valence-electron chi connectivity index (χ3n) is 3.04. The lowest BCUT2D eigenvalue weighted by Crippen LogP contribution is -2.25. The van der Waals surface area contributed by atoms with Crippen LogP contribution in [0.15, 0.2) is 36.5 Å². The first-order valence-corrected chi connectivity index (χ1v) is 6.78. The van der Waals surface area contributed by atoms with E-state index in [9.17, 15) is 8.78 Å². The summed E-state index contributed by atoms with van der Waals surface area (Å²) in [7, 11) is 0. The van der Waals surface area contributed by atoms with Gasteiger partial charge in [0.2, 0.25) is 0 Å². The molecule has 5 heteroatoms. The highest BCUT2D eigenvalue weighted by Crippen LogP contribution is 2.26. The Balaban J connectivity index is 2.33. The summed E-state index contributed by atoms with van der Waals surface area (Å²) < 4.78 is 27.7.